The minimum absolute atomic E-state index is 0. The third-order valence-electron chi connectivity index (χ3n) is 3.53. The number of hydrogen-bond donors (Lipinski definition) is 3. The van der Waals surface area contributed by atoms with Gasteiger partial charge in [0.1, 0.15) is 5.75 Å². The molecular formula is C14H18ClN3O3. The summed E-state index contributed by atoms with van der Waals surface area (Å²) in [5, 5.41) is 8.73. The third kappa shape index (κ3) is 3.65. The van der Waals surface area contributed by atoms with Crippen LogP contribution in [0.25, 0.3) is 0 Å². The topological polar surface area (TPSA) is 79.5 Å². The van der Waals surface area contributed by atoms with Crippen molar-refractivity contribution in [3.63, 3.8) is 0 Å². The van der Waals surface area contributed by atoms with Crippen molar-refractivity contribution in [1.29, 1.82) is 0 Å². The molecule has 2 aliphatic rings. The summed E-state index contributed by atoms with van der Waals surface area (Å²) < 4.78 is 5.58. The second-order valence-corrected chi connectivity index (χ2v) is 5.12. The average Bonchev–Trinajstić information content (AvgIpc) is 2.38. The molecule has 1 atom stereocenters. The molecule has 1 unspecified atom stereocenters. The van der Waals surface area contributed by atoms with Gasteiger partial charge in [0.25, 0.3) is 5.91 Å². The SMILES string of the molecule is Cl.O=C(CC1Oc2ccccc2NC1=O)NCC1CNC1. The predicted octanol–water partition coefficient (Wildman–Crippen LogP) is 0.534. The summed E-state index contributed by atoms with van der Waals surface area (Å²) in [7, 11) is 0. The van der Waals surface area contributed by atoms with Crippen LogP contribution in [0.4, 0.5) is 5.69 Å². The zero-order valence-corrected chi connectivity index (χ0v) is 12.2. The van der Waals surface area contributed by atoms with Gasteiger partial charge in [-0.3, -0.25) is 9.59 Å². The smallest absolute Gasteiger partial charge is 0.266 e. The molecule has 2 aliphatic heterocycles. The van der Waals surface area contributed by atoms with Crippen molar-refractivity contribution in [3.8, 4) is 5.75 Å². The number of hydrogen-bond acceptors (Lipinski definition) is 4. The van der Waals surface area contributed by atoms with Gasteiger partial charge in [-0.05, 0) is 12.1 Å². The van der Waals surface area contributed by atoms with E-state index in [4.69, 9.17) is 4.74 Å². The van der Waals surface area contributed by atoms with Crippen LogP contribution in [0.1, 0.15) is 6.42 Å². The van der Waals surface area contributed by atoms with Gasteiger partial charge in [-0.1, -0.05) is 12.1 Å². The molecule has 0 bridgehead atoms. The van der Waals surface area contributed by atoms with E-state index in [9.17, 15) is 9.59 Å². The summed E-state index contributed by atoms with van der Waals surface area (Å²) in [4.78, 5) is 23.7. The molecule has 0 radical (unpaired) electrons. The van der Waals surface area contributed by atoms with E-state index in [1.165, 1.54) is 0 Å². The van der Waals surface area contributed by atoms with E-state index in [0.29, 0.717) is 23.9 Å². The largest absolute Gasteiger partial charge is 0.478 e. The van der Waals surface area contributed by atoms with Crippen LogP contribution in [0.3, 0.4) is 0 Å². The molecule has 1 aromatic carbocycles. The molecule has 3 rings (SSSR count). The van der Waals surface area contributed by atoms with Gasteiger partial charge in [0.2, 0.25) is 5.91 Å². The summed E-state index contributed by atoms with van der Waals surface area (Å²) in [6.07, 6.45) is -0.718. The Morgan fingerprint density at radius 3 is 2.81 bits per heavy atom. The Bertz CT molecular complexity index is 534. The number of benzene rings is 1. The number of carbonyl (C=O) groups is 2. The number of para-hydroxylation sites is 2. The minimum atomic E-state index is -0.760. The second-order valence-electron chi connectivity index (χ2n) is 5.12. The predicted molar refractivity (Wildman–Crippen MR) is 80.7 cm³/mol. The molecule has 7 heteroatoms. The van der Waals surface area contributed by atoms with Gasteiger partial charge in [-0.25, -0.2) is 0 Å². The highest BCUT2D eigenvalue weighted by atomic mass is 35.5. The van der Waals surface area contributed by atoms with Crippen LogP contribution in [0.2, 0.25) is 0 Å². The number of halogens is 1. The van der Waals surface area contributed by atoms with Gasteiger partial charge >= 0.3 is 0 Å². The van der Waals surface area contributed by atoms with Crippen molar-refractivity contribution in [1.82, 2.24) is 10.6 Å². The lowest BCUT2D eigenvalue weighted by molar-refractivity contribution is -0.130. The van der Waals surface area contributed by atoms with Crippen LogP contribution in [-0.2, 0) is 9.59 Å². The zero-order chi connectivity index (χ0) is 13.9. The Balaban J connectivity index is 0.00000161. The summed E-state index contributed by atoms with van der Waals surface area (Å²) in [6.45, 7) is 2.53. The maximum absolute atomic E-state index is 11.9. The van der Waals surface area contributed by atoms with Crippen LogP contribution < -0.4 is 20.7 Å². The summed E-state index contributed by atoms with van der Waals surface area (Å²) in [5.41, 5.74) is 0.648. The molecule has 0 saturated carbocycles. The number of nitrogens with one attached hydrogen (secondary N) is 3. The zero-order valence-electron chi connectivity index (χ0n) is 11.4. The molecule has 2 amide bonds. The van der Waals surface area contributed by atoms with Gasteiger partial charge in [-0.2, -0.15) is 0 Å². The normalized spacial score (nSPS) is 20.2. The number of carbonyl (C=O) groups excluding carboxylic acids is 2. The summed E-state index contributed by atoms with van der Waals surface area (Å²) in [5.74, 6) is 0.675. The highest BCUT2D eigenvalue weighted by molar-refractivity contribution is 5.99. The van der Waals surface area contributed by atoms with E-state index in [1.807, 2.05) is 12.1 Å². The number of fused-ring (bicyclic) bond motifs is 1. The van der Waals surface area contributed by atoms with Gasteiger partial charge < -0.3 is 20.7 Å². The molecule has 2 heterocycles. The van der Waals surface area contributed by atoms with Crippen LogP contribution in [0, 0.1) is 5.92 Å². The minimum Gasteiger partial charge on any atom is -0.478 e. The van der Waals surface area contributed by atoms with Crippen molar-refractivity contribution in [2.45, 2.75) is 12.5 Å². The fourth-order valence-corrected chi connectivity index (χ4v) is 2.22. The third-order valence-corrected chi connectivity index (χ3v) is 3.53. The first-order chi connectivity index (χ1) is 9.72. The summed E-state index contributed by atoms with van der Waals surface area (Å²) >= 11 is 0. The van der Waals surface area contributed by atoms with E-state index >= 15 is 0 Å². The molecule has 1 fully saturated rings. The van der Waals surface area contributed by atoms with E-state index in [-0.39, 0.29) is 30.6 Å². The van der Waals surface area contributed by atoms with Gasteiger partial charge in [0.15, 0.2) is 6.10 Å². The van der Waals surface area contributed by atoms with Crippen LogP contribution in [0.5, 0.6) is 5.75 Å². The van der Waals surface area contributed by atoms with Crippen molar-refractivity contribution >= 4 is 29.9 Å². The molecule has 114 valence electrons. The number of rotatable bonds is 4. The Hall–Kier alpha value is -1.79. The van der Waals surface area contributed by atoms with Crippen molar-refractivity contribution in [2.24, 2.45) is 5.92 Å². The quantitative estimate of drug-likeness (QED) is 0.758. The first-order valence-electron chi connectivity index (χ1n) is 6.76. The Kier molecular flexibility index (Phi) is 5.03. The first kappa shape index (κ1) is 15.6. The standard InChI is InChI=1S/C14H17N3O3.ClH/c18-13(16-8-9-6-15-7-9)5-12-14(19)17-10-3-1-2-4-11(10)20-12;/h1-4,9,12,15H,5-8H2,(H,16,18)(H,17,19);1H. The molecule has 6 nitrogen and oxygen atoms in total. The molecule has 3 N–H and O–H groups in total. The second kappa shape index (κ2) is 6.78. The first-order valence-corrected chi connectivity index (χ1v) is 6.76. The molecule has 0 aromatic heterocycles. The highest BCUT2D eigenvalue weighted by Gasteiger charge is 2.29. The Morgan fingerprint density at radius 2 is 2.10 bits per heavy atom. The van der Waals surface area contributed by atoms with Crippen molar-refractivity contribution in [2.75, 3.05) is 25.0 Å². The number of amides is 2. The van der Waals surface area contributed by atoms with E-state index in [0.717, 1.165) is 13.1 Å². The Labute approximate surface area is 129 Å². The summed E-state index contributed by atoms with van der Waals surface area (Å²) in [6, 6.07) is 7.20. The lowest BCUT2D eigenvalue weighted by atomic mass is 10.0. The van der Waals surface area contributed by atoms with Gasteiger partial charge in [0, 0.05) is 25.6 Å². The maximum atomic E-state index is 11.9. The molecule has 0 aliphatic carbocycles. The van der Waals surface area contributed by atoms with Crippen molar-refractivity contribution in [3.05, 3.63) is 24.3 Å². The van der Waals surface area contributed by atoms with E-state index in [1.54, 1.807) is 12.1 Å². The van der Waals surface area contributed by atoms with Gasteiger partial charge in [-0.15, -0.1) is 12.4 Å². The fraction of sp³-hybridized carbons (Fsp3) is 0.429. The van der Waals surface area contributed by atoms with E-state index < -0.39 is 6.10 Å². The fourth-order valence-electron chi connectivity index (χ4n) is 2.22. The highest BCUT2D eigenvalue weighted by Crippen LogP contribution is 2.29. The van der Waals surface area contributed by atoms with Crippen molar-refractivity contribution < 1.29 is 14.3 Å². The maximum Gasteiger partial charge on any atom is 0.266 e. The lowest BCUT2D eigenvalue weighted by Gasteiger charge is -2.28. The molecule has 21 heavy (non-hydrogen) atoms. The number of ether oxygens (including phenoxy) is 1. The van der Waals surface area contributed by atoms with Crippen LogP contribution >= 0.6 is 12.4 Å². The van der Waals surface area contributed by atoms with Gasteiger partial charge in [0.05, 0.1) is 12.1 Å². The molecule has 1 saturated heterocycles. The molecule has 0 spiro atoms. The molecule has 1 aromatic rings. The number of anilines is 1. The van der Waals surface area contributed by atoms with Crippen LogP contribution in [0.15, 0.2) is 24.3 Å². The molecular weight excluding hydrogens is 294 g/mol. The lowest BCUT2D eigenvalue weighted by Crippen LogP contribution is -2.49. The Morgan fingerprint density at radius 1 is 1.33 bits per heavy atom. The average molecular weight is 312 g/mol. The van der Waals surface area contributed by atoms with Crippen LogP contribution in [-0.4, -0.2) is 37.6 Å². The monoisotopic (exact) mass is 311 g/mol. The van der Waals surface area contributed by atoms with E-state index in [2.05, 4.69) is 16.0 Å².